The number of nitrogens with one attached hydrogen (secondary N) is 1. The van der Waals surface area contributed by atoms with Gasteiger partial charge in [0.1, 0.15) is 5.37 Å². The lowest BCUT2D eigenvalue weighted by Crippen LogP contribution is -2.28. The zero-order chi connectivity index (χ0) is 18.5. The lowest BCUT2D eigenvalue weighted by molar-refractivity contribution is -0.116. The maximum Gasteiger partial charge on any atom is 0.238 e. The average molecular weight is 369 g/mol. The van der Waals surface area contributed by atoms with Crippen molar-refractivity contribution in [3.8, 4) is 0 Å². The molecule has 3 rings (SSSR count). The normalized spacial score (nSPS) is 16.8. The number of carbonyl (C=O) groups is 2. The molecule has 0 saturated carbocycles. The lowest BCUT2D eigenvalue weighted by atomic mass is 10.1. The third kappa shape index (κ3) is 4.10. The van der Waals surface area contributed by atoms with Gasteiger partial charge < -0.3 is 5.32 Å². The summed E-state index contributed by atoms with van der Waals surface area (Å²) in [6, 6.07) is 16.0. The van der Waals surface area contributed by atoms with Crippen molar-refractivity contribution in [2.24, 2.45) is 0 Å². The fraction of sp³-hybridized carbons (Fsp3) is 0.333. The molecule has 1 aliphatic heterocycles. The number of anilines is 2. The van der Waals surface area contributed by atoms with Gasteiger partial charge in [0.15, 0.2) is 0 Å². The summed E-state index contributed by atoms with van der Waals surface area (Å²) in [6.45, 7) is 4.10. The van der Waals surface area contributed by atoms with E-state index in [0.717, 1.165) is 29.8 Å². The summed E-state index contributed by atoms with van der Waals surface area (Å²) >= 11 is 1.62. The van der Waals surface area contributed by atoms with Crippen LogP contribution in [0.5, 0.6) is 0 Å². The third-order valence-corrected chi connectivity index (χ3v) is 5.61. The van der Waals surface area contributed by atoms with E-state index in [-0.39, 0.29) is 17.2 Å². The van der Waals surface area contributed by atoms with Gasteiger partial charge in [0.2, 0.25) is 11.8 Å². The predicted octanol–water partition coefficient (Wildman–Crippen LogP) is 4.77. The molecule has 0 aromatic heterocycles. The maximum atomic E-state index is 12.5. The lowest BCUT2D eigenvalue weighted by Gasteiger charge is -2.25. The SMILES string of the molecule is CCCC(=O)Nc1cccc([C@H]2SCC(=O)N2c2cccc(CC)c2)c1. The largest absolute Gasteiger partial charge is 0.326 e. The monoisotopic (exact) mass is 368 g/mol. The highest BCUT2D eigenvalue weighted by Crippen LogP contribution is 2.42. The second kappa shape index (κ2) is 8.41. The van der Waals surface area contributed by atoms with E-state index in [1.807, 2.05) is 48.2 Å². The van der Waals surface area contributed by atoms with Crippen molar-refractivity contribution in [3.63, 3.8) is 0 Å². The van der Waals surface area contributed by atoms with E-state index >= 15 is 0 Å². The zero-order valence-corrected chi connectivity index (χ0v) is 16.0. The van der Waals surface area contributed by atoms with Crippen molar-refractivity contribution in [1.82, 2.24) is 0 Å². The van der Waals surface area contributed by atoms with Gasteiger partial charge in [-0.3, -0.25) is 14.5 Å². The van der Waals surface area contributed by atoms with Crippen LogP contribution in [0.15, 0.2) is 48.5 Å². The molecule has 0 radical (unpaired) electrons. The summed E-state index contributed by atoms with van der Waals surface area (Å²) in [5.41, 5.74) is 3.96. The quantitative estimate of drug-likeness (QED) is 0.799. The summed E-state index contributed by atoms with van der Waals surface area (Å²) in [7, 11) is 0. The minimum absolute atomic E-state index is 0.0207. The summed E-state index contributed by atoms with van der Waals surface area (Å²) in [4.78, 5) is 26.3. The first kappa shape index (κ1) is 18.5. The van der Waals surface area contributed by atoms with E-state index in [2.05, 4.69) is 24.4 Å². The molecule has 0 spiro atoms. The molecule has 1 saturated heterocycles. The van der Waals surface area contributed by atoms with Gasteiger partial charge >= 0.3 is 0 Å². The Labute approximate surface area is 159 Å². The number of thioether (sulfide) groups is 1. The summed E-state index contributed by atoms with van der Waals surface area (Å²) in [5, 5.41) is 2.87. The van der Waals surface area contributed by atoms with Crippen LogP contribution in [0, 0.1) is 0 Å². The number of hydrogen-bond acceptors (Lipinski definition) is 3. The van der Waals surface area contributed by atoms with E-state index < -0.39 is 0 Å². The molecule has 0 unspecified atom stereocenters. The van der Waals surface area contributed by atoms with Crippen molar-refractivity contribution in [3.05, 3.63) is 59.7 Å². The van der Waals surface area contributed by atoms with Crippen molar-refractivity contribution in [2.75, 3.05) is 16.0 Å². The second-order valence-electron chi connectivity index (χ2n) is 6.37. The Bertz CT molecular complexity index is 806. The summed E-state index contributed by atoms with van der Waals surface area (Å²) in [5.74, 6) is 0.606. The van der Waals surface area contributed by atoms with Crippen LogP contribution in [-0.4, -0.2) is 17.6 Å². The molecule has 4 nitrogen and oxygen atoms in total. The first-order chi connectivity index (χ1) is 12.6. The minimum atomic E-state index is -0.0716. The molecule has 1 heterocycles. The predicted molar refractivity (Wildman–Crippen MR) is 108 cm³/mol. The molecule has 2 aromatic rings. The van der Waals surface area contributed by atoms with Crippen LogP contribution in [0.25, 0.3) is 0 Å². The third-order valence-electron chi connectivity index (χ3n) is 4.40. The number of benzene rings is 2. The zero-order valence-electron chi connectivity index (χ0n) is 15.2. The van der Waals surface area contributed by atoms with Crippen LogP contribution in [0.2, 0.25) is 0 Å². The van der Waals surface area contributed by atoms with E-state index in [0.29, 0.717) is 12.2 Å². The van der Waals surface area contributed by atoms with Crippen LogP contribution < -0.4 is 10.2 Å². The molecule has 2 amide bonds. The Balaban J connectivity index is 1.87. The number of aryl methyl sites for hydroxylation is 1. The second-order valence-corrected chi connectivity index (χ2v) is 7.44. The number of rotatable bonds is 6. The fourth-order valence-corrected chi connectivity index (χ4v) is 4.26. The van der Waals surface area contributed by atoms with Gasteiger partial charge in [-0.05, 0) is 48.2 Å². The average Bonchev–Trinajstić information content (AvgIpc) is 3.03. The van der Waals surface area contributed by atoms with Crippen LogP contribution in [-0.2, 0) is 16.0 Å². The van der Waals surface area contributed by atoms with Crippen LogP contribution in [0.1, 0.15) is 43.2 Å². The smallest absolute Gasteiger partial charge is 0.238 e. The van der Waals surface area contributed by atoms with Gasteiger partial charge in [0.25, 0.3) is 0 Å². The van der Waals surface area contributed by atoms with Crippen molar-refractivity contribution < 1.29 is 9.59 Å². The minimum Gasteiger partial charge on any atom is -0.326 e. The standard InChI is InChI=1S/C21H24N2O2S/c1-3-7-19(24)22-17-10-6-9-16(13-17)21-23(20(25)14-26-21)18-11-5-8-15(4-2)12-18/h5-6,8-13,21H,3-4,7,14H2,1-2H3,(H,22,24)/t21-/m1/s1. The van der Waals surface area contributed by atoms with Crippen molar-refractivity contribution in [1.29, 1.82) is 0 Å². The number of hydrogen-bond donors (Lipinski definition) is 1. The summed E-state index contributed by atoms with van der Waals surface area (Å²) in [6.07, 6.45) is 2.27. The molecular weight excluding hydrogens is 344 g/mol. The molecule has 1 aliphatic rings. The van der Waals surface area contributed by atoms with Gasteiger partial charge in [0, 0.05) is 17.8 Å². The molecule has 1 atom stereocenters. The highest BCUT2D eigenvalue weighted by Gasteiger charge is 2.34. The van der Waals surface area contributed by atoms with E-state index in [1.54, 1.807) is 11.8 Å². The van der Waals surface area contributed by atoms with E-state index in [1.165, 1.54) is 5.56 Å². The number of nitrogens with zero attached hydrogens (tertiary/aromatic N) is 1. The van der Waals surface area contributed by atoms with E-state index in [4.69, 9.17) is 0 Å². The van der Waals surface area contributed by atoms with E-state index in [9.17, 15) is 9.59 Å². The van der Waals surface area contributed by atoms with Gasteiger partial charge in [-0.2, -0.15) is 0 Å². The molecule has 1 fully saturated rings. The Hall–Kier alpha value is -2.27. The Morgan fingerprint density at radius 1 is 1.19 bits per heavy atom. The number of carbonyl (C=O) groups excluding carboxylic acids is 2. The van der Waals surface area contributed by atoms with Crippen LogP contribution >= 0.6 is 11.8 Å². The molecule has 1 N–H and O–H groups in total. The molecule has 5 heteroatoms. The Kier molecular flexibility index (Phi) is 5.99. The first-order valence-corrected chi connectivity index (χ1v) is 10.1. The van der Waals surface area contributed by atoms with Gasteiger partial charge in [-0.25, -0.2) is 0 Å². The molecule has 2 aromatic carbocycles. The fourth-order valence-electron chi connectivity index (χ4n) is 3.10. The topological polar surface area (TPSA) is 49.4 Å². The Morgan fingerprint density at radius 2 is 2.00 bits per heavy atom. The van der Waals surface area contributed by atoms with Gasteiger partial charge in [-0.15, -0.1) is 11.8 Å². The van der Waals surface area contributed by atoms with Crippen LogP contribution in [0.3, 0.4) is 0 Å². The highest BCUT2D eigenvalue weighted by atomic mass is 32.2. The first-order valence-electron chi connectivity index (χ1n) is 9.04. The highest BCUT2D eigenvalue weighted by molar-refractivity contribution is 8.00. The molecule has 26 heavy (non-hydrogen) atoms. The van der Waals surface area contributed by atoms with Gasteiger partial charge in [0.05, 0.1) is 5.75 Å². The van der Waals surface area contributed by atoms with Crippen molar-refractivity contribution in [2.45, 2.75) is 38.5 Å². The maximum absolute atomic E-state index is 12.5. The number of amides is 2. The van der Waals surface area contributed by atoms with Gasteiger partial charge in [-0.1, -0.05) is 38.1 Å². The van der Waals surface area contributed by atoms with Crippen LogP contribution in [0.4, 0.5) is 11.4 Å². The molecule has 0 aliphatic carbocycles. The Morgan fingerprint density at radius 3 is 2.77 bits per heavy atom. The van der Waals surface area contributed by atoms with Crippen molar-refractivity contribution >= 4 is 35.0 Å². The molecule has 0 bridgehead atoms. The molecule has 136 valence electrons. The summed E-state index contributed by atoms with van der Waals surface area (Å²) < 4.78 is 0. The molecular formula is C21H24N2O2S.